The molecule has 1 aromatic carbocycles. The molecule has 13 nitrogen and oxygen atoms in total. The van der Waals surface area contributed by atoms with Gasteiger partial charge in [0.05, 0.1) is 19.9 Å². The van der Waals surface area contributed by atoms with Crippen LogP contribution in [0.4, 0.5) is 17.6 Å². The summed E-state index contributed by atoms with van der Waals surface area (Å²) in [6.07, 6.45) is 9.73. The lowest BCUT2D eigenvalue weighted by atomic mass is 10.2. The average molecular weight is 551 g/mol. The highest BCUT2D eigenvalue weighted by Crippen LogP contribution is 2.23. The van der Waals surface area contributed by atoms with Crippen LogP contribution in [0.15, 0.2) is 90.3 Å². The Morgan fingerprint density at radius 2 is 1.93 bits per heavy atom. The number of rotatable bonds is 10. The molecule has 0 radical (unpaired) electrons. The Kier molecular flexibility index (Phi) is 8.05. The van der Waals surface area contributed by atoms with Crippen LogP contribution < -0.4 is 26.7 Å². The fourth-order valence-corrected chi connectivity index (χ4v) is 3.87. The number of nitrogen functional groups attached to an aromatic ring is 1. The summed E-state index contributed by atoms with van der Waals surface area (Å²) >= 11 is 0. The van der Waals surface area contributed by atoms with Gasteiger partial charge in [-0.15, -0.1) is 5.10 Å². The lowest BCUT2D eigenvalue weighted by molar-refractivity contribution is 0.0956. The van der Waals surface area contributed by atoms with E-state index in [-0.39, 0.29) is 29.8 Å². The Balaban J connectivity index is 1.26. The molecule has 0 bridgehead atoms. The van der Waals surface area contributed by atoms with E-state index < -0.39 is 11.5 Å². The number of ether oxygens (including phenoxy) is 1. The fourth-order valence-electron chi connectivity index (χ4n) is 3.87. The quantitative estimate of drug-likeness (QED) is 0.235. The zero-order valence-corrected chi connectivity index (χ0v) is 22.0. The first-order valence-electron chi connectivity index (χ1n) is 12.5. The van der Waals surface area contributed by atoms with E-state index in [2.05, 4.69) is 35.7 Å². The molecule has 0 aliphatic carbocycles. The number of para-hydroxylation sites is 1. The number of nitrogens with two attached hydrogens (primary N) is 1. The first-order chi connectivity index (χ1) is 20.0. The van der Waals surface area contributed by atoms with E-state index in [9.17, 15) is 9.59 Å². The largest absolute Gasteiger partial charge is 0.491 e. The summed E-state index contributed by atoms with van der Waals surface area (Å²) in [6, 6.07) is 16.2. The second kappa shape index (κ2) is 12.3. The van der Waals surface area contributed by atoms with Crippen LogP contribution in [0, 0.1) is 0 Å². The number of nitrogens with zero attached hydrogens (tertiary/aromatic N) is 7. The van der Waals surface area contributed by atoms with Gasteiger partial charge in [-0.1, -0.05) is 30.3 Å². The molecule has 0 spiro atoms. The number of benzene rings is 1. The van der Waals surface area contributed by atoms with Crippen molar-refractivity contribution in [2.45, 2.75) is 6.54 Å². The monoisotopic (exact) mass is 550 g/mol. The molecular weight excluding hydrogens is 524 g/mol. The summed E-state index contributed by atoms with van der Waals surface area (Å²) in [5.74, 6) is 0.835. The molecule has 5 rings (SSSR count). The summed E-state index contributed by atoms with van der Waals surface area (Å²) in [4.78, 5) is 42.6. The van der Waals surface area contributed by atoms with Gasteiger partial charge in [0.25, 0.3) is 11.5 Å². The maximum absolute atomic E-state index is 12.8. The van der Waals surface area contributed by atoms with E-state index in [0.29, 0.717) is 18.1 Å². The summed E-state index contributed by atoms with van der Waals surface area (Å²) in [7, 11) is 1.48. The van der Waals surface area contributed by atoms with E-state index in [0.717, 1.165) is 11.3 Å². The second-order valence-corrected chi connectivity index (χ2v) is 8.65. The van der Waals surface area contributed by atoms with Gasteiger partial charge < -0.3 is 25.7 Å². The Morgan fingerprint density at radius 3 is 2.71 bits per heavy atom. The highest BCUT2D eigenvalue weighted by molar-refractivity contribution is 5.93. The summed E-state index contributed by atoms with van der Waals surface area (Å²) in [6.45, 7) is 0.446. The van der Waals surface area contributed by atoms with Gasteiger partial charge in [0.1, 0.15) is 5.56 Å². The third-order valence-corrected chi connectivity index (χ3v) is 5.83. The Morgan fingerprint density at radius 1 is 1.07 bits per heavy atom. The Labute approximate surface area is 234 Å². The van der Waals surface area contributed by atoms with Gasteiger partial charge in [-0.25, -0.2) is 9.97 Å². The molecule has 0 aliphatic heterocycles. The number of amides is 1. The molecule has 5 aromatic rings. The van der Waals surface area contributed by atoms with Gasteiger partial charge in [0, 0.05) is 30.8 Å². The lowest BCUT2D eigenvalue weighted by Gasteiger charge is -2.08. The molecule has 0 aliphatic rings. The molecular formula is C28H26N10O3. The maximum atomic E-state index is 12.8. The van der Waals surface area contributed by atoms with Crippen LogP contribution in [-0.4, -0.2) is 53.8 Å². The van der Waals surface area contributed by atoms with Gasteiger partial charge in [0.2, 0.25) is 17.7 Å². The normalized spacial score (nSPS) is 11.0. The predicted molar refractivity (Wildman–Crippen MR) is 153 cm³/mol. The van der Waals surface area contributed by atoms with Crippen molar-refractivity contribution in [3.8, 4) is 11.6 Å². The van der Waals surface area contributed by atoms with Crippen LogP contribution in [0.25, 0.3) is 11.9 Å². The Hall–Kier alpha value is -5.85. The van der Waals surface area contributed by atoms with Crippen LogP contribution in [0.1, 0.15) is 21.7 Å². The van der Waals surface area contributed by atoms with Gasteiger partial charge in [-0.3, -0.25) is 14.6 Å². The van der Waals surface area contributed by atoms with Crippen molar-refractivity contribution in [1.82, 2.24) is 39.6 Å². The third-order valence-electron chi connectivity index (χ3n) is 5.83. The average Bonchev–Trinajstić information content (AvgIpc) is 3.36. The zero-order valence-electron chi connectivity index (χ0n) is 22.0. The lowest BCUT2D eigenvalue weighted by Crippen LogP contribution is -2.33. The first kappa shape index (κ1) is 26.7. The molecule has 13 heteroatoms. The third kappa shape index (κ3) is 6.42. The summed E-state index contributed by atoms with van der Waals surface area (Å²) < 4.78 is 8.20. The molecule has 41 heavy (non-hydrogen) atoms. The molecule has 0 fully saturated rings. The smallest absolute Gasteiger partial charge is 0.263 e. The topological polar surface area (TPSA) is 168 Å². The summed E-state index contributed by atoms with van der Waals surface area (Å²) in [5.41, 5.74) is 7.41. The molecule has 4 aromatic heterocycles. The minimum atomic E-state index is -0.495. The van der Waals surface area contributed by atoms with Crippen LogP contribution in [0.5, 0.6) is 5.75 Å². The van der Waals surface area contributed by atoms with Crippen molar-refractivity contribution in [1.29, 1.82) is 0 Å². The molecule has 206 valence electrons. The van der Waals surface area contributed by atoms with Crippen molar-refractivity contribution in [3.63, 3.8) is 0 Å². The van der Waals surface area contributed by atoms with Crippen molar-refractivity contribution < 1.29 is 9.53 Å². The molecule has 0 saturated heterocycles. The second-order valence-electron chi connectivity index (χ2n) is 8.65. The van der Waals surface area contributed by atoms with Gasteiger partial charge in [0.15, 0.2) is 11.6 Å². The number of hydrogen-bond donors (Lipinski definition) is 3. The van der Waals surface area contributed by atoms with E-state index in [1.807, 2.05) is 36.4 Å². The van der Waals surface area contributed by atoms with E-state index >= 15 is 0 Å². The number of hydrogen-bond acceptors (Lipinski definition) is 10. The SMILES string of the molecule is COc1cnc(/C=C/CNC(=O)c2cccn(Cc3cccnc3)c2=O)nc1-n1nc(Nc2ccccc2)nc1N. The van der Waals surface area contributed by atoms with Crippen molar-refractivity contribution in [3.05, 3.63) is 113 Å². The van der Waals surface area contributed by atoms with Gasteiger partial charge in [-0.05, 0) is 42.0 Å². The molecule has 4 N–H and O–H groups in total. The number of anilines is 3. The van der Waals surface area contributed by atoms with E-state index in [1.54, 1.807) is 42.9 Å². The van der Waals surface area contributed by atoms with Crippen molar-refractivity contribution in [2.75, 3.05) is 24.7 Å². The summed E-state index contributed by atoms with van der Waals surface area (Å²) in [5, 5.41) is 10.2. The standard InChI is InChI=1S/C28H26N10O3/c1-41-22-17-32-23(34-24(22)38-27(29)35-28(36-38)33-20-9-3-2-4-10-20)12-6-14-31-25(39)21-11-7-15-37(26(21)40)18-19-8-5-13-30-16-19/h2-13,15-17H,14,18H2,1H3,(H,31,39)(H3,29,33,35,36)/b12-6+. The van der Waals surface area contributed by atoms with E-state index in [4.69, 9.17) is 10.5 Å². The predicted octanol–water partition coefficient (Wildman–Crippen LogP) is 2.44. The number of carbonyl (C=O) groups is 1. The minimum absolute atomic E-state index is 0.0364. The molecule has 0 saturated carbocycles. The number of aromatic nitrogens is 7. The van der Waals surface area contributed by atoms with Crippen LogP contribution >= 0.6 is 0 Å². The fraction of sp³-hybridized carbons (Fsp3) is 0.107. The van der Waals surface area contributed by atoms with Crippen molar-refractivity contribution >= 4 is 29.6 Å². The van der Waals surface area contributed by atoms with Gasteiger partial charge >= 0.3 is 0 Å². The molecule has 1 amide bonds. The van der Waals surface area contributed by atoms with Crippen LogP contribution in [-0.2, 0) is 6.54 Å². The zero-order chi connectivity index (χ0) is 28.6. The molecule has 0 atom stereocenters. The highest BCUT2D eigenvalue weighted by atomic mass is 16.5. The Bertz CT molecular complexity index is 1730. The number of pyridine rings is 2. The maximum Gasteiger partial charge on any atom is 0.263 e. The molecule has 4 heterocycles. The number of carbonyl (C=O) groups excluding carboxylic acids is 1. The van der Waals surface area contributed by atoms with E-state index in [1.165, 1.54) is 28.6 Å². The number of nitrogens with one attached hydrogen (secondary N) is 2. The van der Waals surface area contributed by atoms with Crippen LogP contribution in [0.2, 0.25) is 0 Å². The number of methoxy groups -OCH3 is 1. The van der Waals surface area contributed by atoms with Crippen molar-refractivity contribution in [2.24, 2.45) is 0 Å². The first-order valence-corrected chi connectivity index (χ1v) is 12.5. The highest BCUT2D eigenvalue weighted by Gasteiger charge is 2.16. The minimum Gasteiger partial charge on any atom is -0.491 e. The molecule has 0 unspecified atom stereocenters. The van der Waals surface area contributed by atoms with Gasteiger partial charge in [-0.2, -0.15) is 9.67 Å². The van der Waals surface area contributed by atoms with Crippen LogP contribution in [0.3, 0.4) is 0 Å².